The van der Waals surface area contributed by atoms with Gasteiger partial charge in [0.2, 0.25) is 10.0 Å². The summed E-state index contributed by atoms with van der Waals surface area (Å²) in [7, 11) is -3.66. The maximum atomic E-state index is 13.3. The fourth-order valence-electron chi connectivity index (χ4n) is 1.89. The van der Waals surface area contributed by atoms with Gasteiger partial charge in [-0.25, -0.2) is 12.8 Å². The van der Waals surface area contributed by atoms with Gasteiger partial charge in [0.1, 0.15) is 5.82 Å². The van der Waals surface area contributed by atoms with Crippen LogP contribution in [0.5, 0.6) is 0 Å². The summed E-state index contributed by atoms with van der Waals surface area (Å²) in [5.74, 6) is -0.824. The largest absolute Gasteiger partial charge is 0.275 e. The lowest BCUT2D eigenvalue weighted by molar-refractivity contribution is 0.107. The van der Waals surface area contributed by atoms with Crippen molar-refractivity contribution >= 4 is 26.9 Å². The van der Waals surface area contributed by atoms with Crippen molar-refractivity contribution in [1.29, 1.82) is 0 Å². The zero-order valence-electron chi connectivity index (χ0n) is 9.40. The molecule has 2 rings (SSSR count). The van der Waals surface area contributed by atoms with Gasteiger partial charge in [-0.1, -0.05) is 0 Å². The first-order valence-electron chi connectivity index (χ1n) is 5.42. The SMILES string of the molecule is O=C(Cl)c1cc(S(=O)(=O)N2CCCC2)ccc1F. The third-order valence-corrected chi connectivity index (χ3v) is 4.95. The summed E-state index contributed by atoms with van der Waals surface area (Å²) < 4.78 is 38.9. The minimum absolute atomic E-state index is 0.102. The van der Waals surface area contributed by atoms with E-state index in [1.807, 2.05) is 0 Å². The van der Waals surface area contributed by atoms with Crippen LogP contribution in [-0.2, 0) is 10.0 Å². The van der Waals surface area contributed by atoms with Crippen LogP contribution in [0, 0.1) is 5.82 Å². The molecule has 1 heterocycles. The highest BCUT2D eigenvalue weighted by Crippen LogP contribution is 2.23. The molecule has 1 aromatic rings. The lowest BCUT2D eigenvalue weighted by Gasteiger charge is -2.15. The second-order valence-corrected chi connectivity index (χ2v) is 6.31. The maximum absolute atomic E-state index is 13.3. The number of sulfonamides is 1. The highest BCUT2D eigenvalue weighted by atomic mass is 35.5. The predicted octanol–water partition coefficient (Wildman–Crippen LogP) is 1.99. The van der Waals surface area contributed by atoms with Gasteiger partial charge in [-0.2, -0.15) is 4.31 Å². The third-order valence-electron chi connectivity index (χ3n) is 2.85. The molecule has 0 aromatic heterocycles. The third kappa shape index (κ3) is 2.41. The van der Waals surface area contributed by atoms with E-state index in [-0.39, 0.29) is 4.90 Å². The van der Waals surface area contributed by atoms with E-state index >= 15 is 0 Å². The summed E-state index contributed by atoms with van der Waals surface area (Å²) in [5, 5.41) is -1.01. The first kappa shape index (κ1) is 13.5. The molecule has 0 radical (unpaired) electrons. The molecule has 0 spiro atoms. The maximum Gasteiger partial charge on any atom is 0.255 e. The minimum Gasteiger partial charge on any atom is -0.275 e. The van der Waals surface area contributed by atoms with Crippen molar-refractivity contribution in [2.75, 3.05) is 13.1 Å². The summed E-state index contributed by atoms with van der Waals surface area (Å²) >= 11 is 5.20. The molecule has 18 heavy (non-hydrogen) atoms. The molecular weight excluding hydrogens is 281 g/mol. The normalized spacial score (nSPS) is 17.0. The van der Waals surface area contributed by atoms with Crippen molar-refractivity contribution < 1.29 is 17.6 Å². The second kappa shape index (κ2) is 4.95. The van der Waals surface area contributed by atoms with E-state index in [9.17, 15) is 17.6 Å². The van der Waals surface area contributed by atoms with Crippen LogP contribution in [0.3, 0.4) is 0 Å². The molecule has 0 unspecified atom stereocenters. The van der Waals surface area contributed by atoms with E-state index in [4.69, 9.17) is 11.6 Å². The second-order valence-electron chi connectivity index (χ2n) is 4.03. The summed E-state index contributed by atoms with van der Waals surface area (Å²) in [4.78, 5) is 10.9. The summed E-state index contributed by atoms with van der Waals surface area (Å²) in [6.45, 7) is 0.897. The Hall–Kier alpha value is -0.980. The number of carbonyl (C=O) groups is 1. The van der Waals surface area contributed by atoms with E-state index in [0.717, 1.165) is 31.0 Å². The molecule has 0 amide bonds. The number of rotatable bonds is 3. The van der Waals surface area contributed by atoms with Gasteiger partial charge in [0.25, 0.3) is 5.24 Å². The monoisotopic (exact) mass is 291 g/mol. The molecule has 1 saturated heterocycles. The molecule has 0 atom stereocenters. The van der Waals surface area contributed by atoms with E-state index in [1.165, 1.54) is 4.31 Å². The first-order chi connectivity index (χ1) is 8.43. The van der Waals surface area contributed by atoms with E-state index in [2.05, 4.69) is 0 Å². The predicted molar refractivity (Wildman–Crippen MR) is 64.6 cm³/mol. The lowest BCUT2D eigenvalue weighted by atomic mass is 10.2. The fourth-order valence-corrected chi connectivity index (χ4v) is 3.58. The van der Waals surface area contributed by atoms with E-state index in [1.54, 1.807) is 0 Å². The van der Waals surface area contributed by atoms with Crippen LogP contribution in [0.25, 0.3) is 0 Å². The molecule has 1 aromatic carbocycles. The average Bonchev–Trinajstić information content (AvgIpc) is 2.82. The zero-order chi connectivity index (χ0) is 13.3. The highest BCUT2D eigenvalue weighted by molar-refractivity contribution is 7.89. The van der Waals surface area contributed by atoms with Crippen molar-refractivity contribution in [3.63, 3.8) is 0 Å². The van der Waals surface area contributed by atoms with Gasteiger partial charge in [-0.05, 0) is 42.6 Å². The van der Waals surface area contributed by atoms with Crippen LogP contribution in [-0.4, -0.2) is 31.1 Å². The van der Waals surface area contributed by atoms with Crippen LogP contribution in [0.2, 0.25) is 0 Å². The lowest BCUT2D eigenvalue weighted by Crippen LogP contribution is -2.28. The molecule has 1 fully saturated rings. The van der Waals surface area contributed by atoms with Gasteiger partial charge in [-0.3, -0.25) is 4.79 Å². The summed E-state index contributed by atoms with van der Waals surface area (Å²) in [6.07, 6.45) is 1.61. The topological polar surface area (TPSA) is 54.5 Å². The number of benzene rings is 1. The Bertz CT molecular complexity index is 582. The Kier molecular flexibility index (Phi) is 3.70. The van der Waals surface area contributed by atoms with Gasteiger partial charge >= 0.3 is 0 Å². The van der Waals surface area contributed by atoms with Crippen molar-refractivity contribution in [2.24, 2.45) is 0 Å². The van der Waals surface area contributed by atoms with Crippen LogP contribution >= 0.6 is 11.6 Å². The molecule has 0 aliphatic carbocycles. The van der Waals surface area contributed by atoms with Gasteiger partial charge in [0.05, 0.1) is 10.5 Å². The highest BCUT2D eigenvalue weighted by Gasteiger charge is 2.28. The van der Waals surface area contributed by atoms with Gasteiger partial charge < -0.3 is 0 Å². The van der Waals surface area contributed by atoms with Crippen LogP contribution < -0.4 is 0 Å². The van der Waals surface area contributed by atoms with E-state index < -0.39 is 26.6 Å². The number of hydrogen-bond donors (Lipinski definition) is 0. The Balaban J connectivity index is 2.45. The van der Waals surface area contributed by atoms with E-state index in [0.29, 0.717) is 13.1 Å². The molecule has 0 N–H and O–H groups in total. The van der Waals surface area contributed by atoms with Gasteiger partial charge in [-0.15, -0.1) is 0 Å². The Labute approximate surface area is 109 Å². The zero-order valence-corrected chi connectivity index (χ0v) is 11.0. The van der Waals surface area contributed by atoms with Gasteiger partial charge in [0.15, 0.2) is 0 Å². The smallest absolute Gasteiger partial charge is 0.255 e. The minimum atomic E-state index is -3.66. The number of nitrogens with zero attached hydrogens (tertiary/aromatic N) is 1. The fraction of sp³-hybridized carbons (Fsp3) is 0.364. The van der Waals surface area contributed by atoms with Crippen molar-refractivity contribution in [3.8, 4) is 0 Å². The molecule has 1 aliphatic heterocycles. The molecule has 7 heteroatoms. The average molecular weight is 292 g/mol. The number of halogens is 2. The first-order valence-corrected chi connectivity index (χ1v) is 7.24. The van der Waals surface area contributed by atoms with Crippen LogP contribution in [0.1, 0.15) is 23.2 Å². The Morgan fingerprint density at radius 3 is 2.44 bits per heavy atom. The summed E-state index contributed by atoms with van der Waals surface area (Å²) in [5.41, 5.74) is -0.420. The Morgan fingerprint density at radius 2 is 1.89 bits per heavy atom. The molecule has 98 valence electrons. The molecular formula is C11H11ClFNO3S. The van der Waals surface area contributed by atoms with Crippen LogP contribution in [0.15, 0.2) is 23.1 Å². The Morgan fingerprint density at radius 1 is 1.28 bits per heavy atom. The van der Waals surface area contributed by atoms with Crippen molar-refractivity contribution in [3.05, 3.63) is 29.6 Å². The van der Waals surface area contributed by atoms with Crippen molar-refractivity contribution in [2.45, 2.75) is 17.7 Å². The van der Waals surface area contributed by atoms with Crippen LogP contribution in [0.4, 0.5) is 4.39 Å². The molecule has 0 saturated carbocycles. The molecule has 4 nitrogen and oxygen atoms in total. The van der Waals surface area contributed by atoms with Gasteiger partial charge in [0, 0.05) is 13.1 Å². The summed E-state index contributed by atoms with van der Waals surface area (Å²) in [6, 6.07) is 3.07. The number of hydrogen-bond acceptors (Lipinski definition) is 3. The molecule has 1 aliphatic rings. The quantitative estimate of drug-likeness (QED) is 0.800. The number of carbonyl (C=O) groups excluding carboxylic acids is 1. The molecule has 0 bridgehead atoms. The van der Waals surface area contributed by atoms with Crippen molar-refractivity contribution in [1.82, 2.24) is 4.31 Å². The standard InChI is InChI=1S/C11H11ClFNO3S/c12-11(15)9-7-8(3-4-10(9)13)18(16,17)14-5-1-2-6-14/h3-4,7H,1-2,5-6H2.